The van der Waals surface area contributed by atoms with E-state index in [0.717, 1.165) is 12.0 Å². The van der Waals surface area contributed by atoms with Gasteiger partial charge in [-0.2, -0.15) is 0 Å². The minimum absolute atomic E-state index is 0.171. The van der Waals surface area contributed by atoms with Crippen LogP contribution >= 0.6 is 11.6 Å². The molecule has 0 fully saturated rings. The number of benzene rings is 2. The molecule has 0 aliphatic carbocycles. The highest BCUT2D eigenvalue weighted by Crippen LogP contribution is 2.25. The Labute approximate surface area is 118 Å². The van der Waals surface area contributed by atoms with E-state index in [9.17, 15) is 4.39 Å². The summed E-state index contributed by atoms with van der Waals surface area (Å²) < 4.78 is 13.1. The number of rotatable bonds is 4. The summed E-state index contributed by atoms with van der Waals surface area (Å²) in [5.41, 5.74) is 3.43. The summed E-state index contributed by atoms with van der Waals surface area (Å²) in [5.74, 6) is -0.300. The second kappa shape index (κ2) is 6.18. The third-order valence-corrected chi connectivity index (χ3v) is 3.70. The van der Waals surface area contributed by atoms with E-state index >= 15 is 0 Å². The number of hydrogen-bond donors (Lipinski definition) is 1. The van der Waals surface area contributed by atoms with Crippen LogP contribution in [0.1, 0.15) is 22.7 Å². The van der Waals surface area contributed by atoms with Crippen LogP contribution in [0.25, 0.3) is 0 Å². The molecule has 0 saturated carbocycles. The normalized spacial score (nSPS) is 12.4. The van der Waals surface area contributed by atoms with Crippen LogP contribution < -0.4 is 5.32 Å². The van der Waals surface area contributed by atoms with Crippen molar-refractivity contribution in [1.82, 2.24) is 5.32 Å². The predicted molar refractivity (Wildman–Crippen MR) is 78.1 cm³/mol. The molecule has 3 heteroatoms. The molecule has 0 aromatic heterocycles. The Morgan fingerprint density at radius 2 is 1.95 bits per heavy atom. The van der Waals surface area contributed by atoms with Gasteiger partial charge in [-0.15, -0.1) is 0 Å². The van der Waals surface area contributed by atoms with Gasteiger partial charge in [-0.05, 0) is 49.2 Å². The van der Waals surface area contributed by atoms with Crippen LogP contribution in [-0.4, -0.2) is 7.05 Å². The lowest BCUT2D eigenvalue weighted by Crippen LogP contribution is -2.20. The smallest absolute Gasteiger partial charge is 0.124 e. The maximum atomic E-state index is 13.1. The topological polar surface area (TPSA) is 12.0 Å². The first-order chi connectivity index (χ1) is 9.11. The van der Waals surface area contributed by atoms with Gasteiger partial charge in [-0.3, -0.25) is 0 Å². The molecule has 0 saturated heterocycles. The van der Waals surface area contributed by atoms with E-state index in [2.05, 4.69) is 24.4 Å². The van der Waals surface area contributed by atoms with Crippen molar-refractivity contribution in [2.75, 3.05) is 7.05 Å². The zero-order valence-corrected chi connectivity index (χ0v) is 11.8. The number of halogens is 2. The van der Waals surface area contributed by atoms with Crippen LogP contribution in [0.2, 0.25) is 5.02 Å². The van der Waals surface area contributed by atoms with Crippen molar-refractivity contribution < 1.29 is 4.39 Å². The van der Waals surface area contributed by atoms with Gasteiger partial charge in [0.25, 0.3) is 0 Å². The van der Waals surface area contributed by atoms with Gasteiger partial charge in [-0.25, -0.2) is 4.39 Å². The van der Waals surface area contributed by atoms with Crippen molar-refractivity contribution in [3.63, 3.8) is 0 Å². The molecular formula is C16H17ClFN. The molecule has 1 N–H and O–H groups in total. The number of aryl methyl sites for hydroxylation is 1. The molecule has 19 heavy (non-hydrogen) atoms. The second-order valence-corrected chi connectivity index (χ2v) is 5.04. The summed E-state index contributed by atoms with van der Waals surface area (Å²) in [6, 6.07) is 13.0. The first-order valence-electron chi connectivity index (χ1n) is 6.28. The zero-order chi connectivity index (χ0) is 13.8. The lowest BCUT2D eigenvalue weighted by atomic mass is 9.95. The molecule has 0 bridgehead atoms. The molecule has 1 unspecified atom stereocenters. The Bertz CT molecular complexity index is 568. The highest BCUT2D eigenvalue weighted by molar-refractivity contribution is 6.31. The van der Waals surface area contributed by atoms with Crippen molar-refractivity contribution >= 4 is 11.6 Å². The molecule has 1 nitrogen and oxygen atoms in total. The van der Waals surface area contributed by atoms with Crippen LogP contribution in [-0.2, 0) is 6.42 Å². The molecule has 1 atom stereocenters. The van der Waals surface area contributed by atoms with Gasteiger partial charge in [0.1, 0.15) is 5.82 Å². The molecular weight excluding hydrogens is 261 g/mol. The van der Waals surface area contributed by atoms with Crippen LogP contribution in [0.3, 0.4) is 0 Å². The fraction of sp³-hybridized carbons (Fsp3) is 0.250. The van der Waals surface area contributed by atoms with Crippen LogP contribution in [0.5, 0.6) is 0 Å². The quantitative estimate of drug-likeness (QED) is 0.879. The first kappa shape index (κ1) is 14.0. The Morgan fingerprint density at radius 1 is 1.21 bits per heavy atom. The van der Waals surface area contributed by atoms with E-state index in [1.807, 2.05) is 19.2 Å². The summed E-state index contributed by atoms with van der Waals surface area (Å²) >= 11 is 6.09. The first-order valence-corrected chi connectivity index (χ1v) is 6.66. The molecule has 100 valence electrons. The van der Waals surface area contributed by atoms with E-state index < -0.39 is 0 Å². The average molecular weight is 278 g/mol. The van der Waals surface area contributed by atoms with Crippen molar-refractivity contribution in [2.24, 2.45) is 0 Å². The Morgan fingerprint density at radius 3 is 2.58 bits per heavy atom. The minimum Gasteiger partial charge on any atom is -0.313 e. The van der Waals surface area contributed by atoms with E-state index in [1.54, 1.807) is 6.07 Å². The van der Waals surface area contributed by atoms with Gasteiger partial charge in [0.2, 0.25) is 0 Å². The van der Waals surface area contributed by atoms with E-state index in [-0.39, 0.29) is 11.9 Å². The molecule has 0 radical (unpaired) electrons. The van der Waals surface area contributed by atoms with Gasteiger partial charge in [0.05, 0.1) is 0 Å². The number of hydrogen-bond acceptors (Lipinski definition) is 1. The van der Waals surface area contributed by atoms with Gasteiger partial charge >= 0.3 is 0 Å². The van der Waals surface area contributed by atoms with Crippen molar-refractivity contribution in [1.29, 1.82) is 0 Å². The Kier molecular flexibility index (Phi) is 4.56. The molecule has 2 aromatic carbocycles. The molecule has 2 aromatic rings. The fourth-order valence-corrected chi connectivity index (χ4v) is 2.50. The second-order valence-electron chi connectivity index (χ2n) is 4.64. The highest BCUT2D eigenvalue weighted by atomic mass is 35.5. The summed E-state index contributed by atoms with van der Waals surface area (Å²) in [6.07, 6.45) is 0.737. The summed E-state index contributed by atoms with van der Waals surface area (Å²) in [7, 11) is 1.93. The lowest BCUT2D eigenvalue weighted by Gasteiger charge is -2.19. The monoisotopic (exact) mass is 277 g/mol. The summed E-state index contributed by atoms with van der Waals surface area (Å²) in [4.78, 5) is 0. The molecule has 0 spiro atoms. The zero-order valence-electron chi connectivity index (χ0n) is 11.1. The minimum atomic E-state index is -0.300. The summed E-state index contributed by atoms with van der Waals surface area (Å²) in [5, 5.41) is 3.78. The van der Waals surface area contributed by atoms with Gasteiger partial charge in [-0.1, -0.05) is 41.9 Å². The average Bonchev–Trinajstić information content (AvgIpc) is 2.39. The van der Waals surface area contributed by atoms with E-state index in [1.165, 1.54) is 23.3 Å². The lowest BCUT2D eigenvalue weighted by molar-refractivity contribution is 0.586. The van der Waals surface area contributed by atoms with Gasteiger partial charge < -0.3 is 5.32 Å². The predicted octanol–water partition coefficient (Wildman–Crippen LogP) is 4.29. The third kappa shape index (κ3) is 3.34. The molecule has 0 aliphatic heterocycles. The van der Waals surface area contributed by atoms with E-state index in [0.29, 0.717) is 5.02 Å². The standard InChI is InChI=1S/C16H17ClFN/c1-11-5-3-4-6-14(11)16(19-2)9-12-7-8-13(18)10-15(12)17/h3-8,10,16,19H,9H2,1-2H3. The maximum absolute atomic E-state index is 13.1. The van der Waals surface area contributed by atoms with Crippen molar-refractivity contribution in [3.05, 3.63) is 70.0 Å². The Balaban J connectivity index is 2.27. The van der Waals surface area contributed by atoms with Crippen LogP contribution in [0.4, 0.5) is 4.39 Å². The number of nitrogens with one attached hydrogen (secondary N) is 1. The summed E-state index contributed by atoms with van der Waals surface area (Å²) in [6.45, 7) is 2.09. The van der Waals surface area contributed by atoms with Gasteiger partial charge in [0.15, 0.2) is 0 Å². The largest absolute Gasteiger partial charge is 0.313 e. The van der Waals surface area contributed by atoms with E-state index in [4.69, 9.17) is 11.6 Å². The molecule has 0 amide bonds. The number of likely N-dealkylation sites (N-methyl/N-ethyl adjacent to an activating group) is 1. The van der Waals surface area contributed by atoms with Crippen molar-refractivity contribution in [2.45, 2.75) is 19.4 Å². The maximum Gasteiger partial charge on any atom is 0.124 e. The molecule has 0 heterocycles. The van der Waals surface area contributed by atoms with Crippen LogP contribution in [0.15, 0.2) is 42.5 Å². The molecule has 2 rings (SSSR count). The van der Waals surface area contributed by atoms with Gasteiger partial charge in [0, 0.05) is 11.1 Å². The fourth-order valence-electron chi connectivity index (χ4n) is 2.25. The van der Waals surface area contributed by atoms with Crippen molar-refractivity contribution in [3.8, 4) is 0 Å². The van der Waals surface area contributed by atoms with Crippen LogP contribution in [0, 0.1) is 12.7 Å². The Hall–Kier alpha value is -1.38. The highest BCUT2D eigenvalue weighted by Gasteiger charge is 2.14. The third-order valence-electron chi connectivity index (χ3n) is 3.35. The SMILES string of the molecule is CNC(Cc1ccc(F)cc1Cl)c1ccccc1C. The molecule has 0 aliphatic rings.